The van der Waals surface area contributed by atoms with E-state index in [2.05, 4.69) is 10.2 Å². The van der Waals surface area contributed by atoms with Crippen molar-refractivity contribution in [2.75, 3.05) is 0 Å². The highest BCUT2D eigenvalue weighted by Gasteiger charge is 2.14. The number of halogens is 1. The van der Waals surface area contributed by atoms with Gasteiger partial charge in [-0.15, -0.1) is 10.2 Å². The summed E-state index contributed by atoms with van der Waals surface area (Å²) in [7, 11) is 0. The Morgan fingerprint density at radius 1 is 0.846 bits per heavy atom. The van der Waals surface area contributed by atoms with Crippen LogP contribution >= 0.6 is 11.6 Å². The van der Waals surface area contributed by atoms with E-state index in [4.69, 9.17) is 11.6 Å². The van der Waals surface area contributed by atoms with Crippen molar-refractivity contribution in [1.29, 1.82) is 0 Å². The topological polar surface area (TPSA) is 108 Å². The molecular weight excluding hydrogens is 358 g/mol. The number of nitrogens with zero attached hydrogens (tertiary/aromatic N) is 3. The lowest BCUT2D eigenvalue weighted by Crippen LogP contribution is -1.87. The van der Waals surface area contributed by atoms with Crippen LogP contribution in [-0.2, 0) is 0 Å². The second kappa shape index (κ2) is 7.20. The summed E-state index contributed by atoms with van der Waals surface area (Å²) < 4.78 is 0. The molecule has 0 spiro atoms. The lowest BCUT2D eigenvalue weighted by atomic mass is 10.0. The number of hydrogen-bond acceptors (Lipinski definition) is 6. The first-order chi connectivity index (χ1) is 12.5. The van der Waals surface area contributed by atoms with Crippen LogP contribution in [0.2, 0.25) is 5.02 Å². The fourth-order valence-corrected chi connectivity index (χ4v) is 2.53. The van der Waals surface area contributed by atoms with Crippen molar-refractivity contribution in [3.8, 4) is 22.6 Å². The molecular formula is C18H12ClN3O4. The molecule has 0 unspecified atom stereocenters. The van der Waals surface area contributed by atoms with Crippen LogP contribution in [0, 0.1) is 10.1 Å². The Morgan fingerprint density at radius 3 is 2.19 bits per heavy atom. The number of phenolic OH excluding ortho intramolecular Hbond substituents is 2. The smallest absolute Gasteiger partial charge is 0.296 e. The standard InChI is InChI=1S/C18H12ClN3O4/c19-13-9-12(17(23)10-18(13)24)11-5-1-2-6-14(11)20-21-15-7-3-4-8-16(15)22(25)26/h1-10,23-24H. The quantitative estimate of drug-likeness (QED) is 0.347. The molecule has 2 N–H and O–H groups in total. The van der Waals surface area contributed by atoms with E-state index in [1.165, 1.54) is 18.2 Å². The monoisotopic (exact) mass is 369 g/mol. The summed E-state index contributed by atoms with van der Waals surface area (Å²) in [5, 5.41) is 38.9. The second-order valence-corrected chi connectivity index (χ2v) is 5.69. The SMILES string of the molecule is O=[N+]([O-])c1ccccc1N=Nc1ccccc1-c1cc(Cl)c(O)cc1O. The van der Waals surface area contributed by atoms with Crippen LogP contribution < -0.4 is 0 Å². The highest BCUT2D eigenvalue weighted by Crippen LogP contribution is 2.41. The Hall–Kier alpha value is -3.45. The molecule has 8 heteroatoms. The number of phenols is 2. The molecule has 0 atom stereocenters. The molecule has 130 valence electrons. The van der Waals surface area contributed by atoms with Gasteiger partial charge in [-0.1, -0.05) is 41.9 Å². The summed E-state index contributed by atoms with van der Waals surface area (Å²) in [6.07, 6.45) is 0. The van der Waals surface area contributed by atoms with Gasteiger partial charge < -0.3 is 10.2 Å². The zero-order valence-electron chi connectivity index (χ0n) is 13.2. The van der Waals surface area contributed by atoms with Crippen molar-refractivity contribution < 1.29 is 15.1 Å². The molecule has 3 aromatic carbocycles. The van der Waals surface area contributed by atoms with Crippen molar-refractivity contribution >= 4 is 28.7 Å². The number of rotatable bonds is 4. The molecule has 0 aliphatic rings. The molecule has 0 aromatic heterocycles. The number of para-hydroxylation sites is 1. The van der Waals surface area contributed by atoms with Crippen molar-refractivity contribution in [3.63, 3.8) is 0 Å². The van der Waals surface area contributed by atoms with Gasteiger partial charge in [-0.3, -0.25) is 10.1 Å². The molecule has 26 heavy (non-hydrogen) atoms. The summed E-state index contributed by atoms with van der Waals surface area (Å²) in [6.45, 7) is 0. The normalized spacial score (nSPS) is 11.0. The minimum Gasteiger partial charge on any atom is -0.507 e. The molecule has 0 bridgehead atoms. The highest BCUT2D eigenvalue weighted by atomic mass is 35.5. The number of aromatic hydroxyl groups is 2. The Bertz CT molecular complexity index is 1020. The first kappa shape index (κ1) is 17.4. The van der Waals surface area contributed by atoms with Crippen LogP contribution in [0.3, 0.4) is 0 Å². The maximum Gasteiger partial charge on any atom is 0.296 e. The predicted molar refractivity (Wildman–Crippen MR) is 97.5 cm³/mol. The molecule has 0 heterocycles. The van der Waals surface area contributed by atoms with Crippen LogP contribution in [0.1, 0.15) is 0 Å². The molecule has 0 saturated heterocycles. The van der Waals surface area contributed by atoms with E-state index in [0.717, 1.165) is 6.07 Å². The van der Waals surface area contributed by atoms with Gasteiger partial charge in [0.1, 0.15) is 11.5 Å². The van der Waals surface area contributed by atoms with Gasteiger partial charge in [0.15, 0.2) is 5.69 Å². The predicted octanol–water partition coefficient (Wildman–Crippen LogP) is 5.74. The maximum atomic E-state index is 11.1. The van der Waals surface area contributed by atoms with Crippen molar-refractivity contribution in [1.82, 2.24) is 0 Å². The molecule has 3 rings (SSSR count). The second-order valence-electron chi connectivity index (χ2n) is 5.28. The van der Waals surface area contributed by atoms with E-state index in [9.17, 15) is 20.3 Å². The molecule has 0 amide bonds. The number of nitro benzene ring substituents is 1. The minimum absolute atomic E-state index is 0.0724. The average molecular weight is 370 g/mol. The molecule has 3 aromatic rings. The Morgan fingerprint density at radius 2 is 1.46 bits per heavy atom. The molecule has 7 nitrogen and oxygen atoms in total. The summed E-state index contributed by atoms with van der Waals surface area (Å²) in [4.78, 5) is 10.5. The third-order valence-electron chi connectivity index (χ3n) is 3.60. The van der Waals surface area contributed by atoms with E-state index in [-0.39, 0.29) is 27.9 Å². The molecule has 0 radical (unpaired) electrons. The van der Waals surface area contributed by atoms with Gasteiger partial charge >= 0.3 is 0 Å². The largest absolute Gasteiger partial charge is 0.507 e. The van der Waals surface area contributed by atoms with Crippen LogP contribution in [0.5, 0.6) is 11.5 Å². The Kier molecular flexibility index (Phi) is 4.81. The van der Waals surface area contributed by atoms with Gasteiger partial charge in [-0.25, -0.2) is 0 Å². The van der Waals surface area contributed by atoms with E-state index in [1.54, 1.807) is 36.4 Å². The van der Waals surface area contributed by atoms with Crippen LogP contribution in [0.15, 0.2) is 70.9 Å². The first-order valence-electron chi connectivity index (χ1n) is 7.43. The molecule has 0 fully saturated rings. The van der Waals surface area contributed by atoms with Gasteiger partial charge in [0, 0.05) is 23.3 Å². The van der Waals surface area contributed by atoms with Gasteiger partial charge in [-0.05, 0) is 18.2 Å². The van der Waals surface area contributed by atoms with Gasteiger partial charge in [-0.2, -0.15) is 0 Å². The molecule has 0 aliphatic heterocycles. The number of benzene rings is 3. The number of nitro groups is 1. The Balaban J connectivity index is 2.07. The fraction of sp³-hybridized carbons (Fsp3) is 0. The number of azo groups is 1. The summed E-state index contributed by atoms with van der Waals surface area (Å²) in [5.74, 6) is -0.424. The maximum absolute atomic E-state index is 11.1. The lowest BCUT2D eigenvalue weighted by Gasteiger charge is -2.09. The zero-order chi connectivity index (χ0) is 18.7. The van der Waals surface area contributed by atoms with Crippen molar-refractivity contribution in [2.24, 2.45) is 10.2 Å². The first-order valence-corrected chi connectivity index (χ1v) is 7.81. The van der Waals surface area contributed by atoms with E-state index in [0.29, 0.717) is 16.8 Å². The van der Waals surface area contributed by atoms with E-state index in [1.807, 2.05) is 0 Å². The summed E-state index contributed by atoms with van der Waals surface area (Å²) in [5.41, 5.74) is 1.19. The van der Waals surface area contributed by atoms with Crippen LogP contribution in [0.25, 0.3) is 11.1 Å². The van der Waals surface area contributed by atoms with E-state index < -0.39 is 4.92 Å². The van der Waals surface area contributed by atoms with Crippen LogP contribution in [-0.4, -0.2) is 15.1 Å². The molecule has 0 aliphatic carbocycles. The highest BCUT2D eigenvalue weighted by molar-refractivity contribution is 6.32. The zero-order valence-corrected chi connectivity index (χ0v) is 14.0. The van der Waals surface area contributed by atoms with Gasteiger partial charge in [0.2, 0.25) is 0 Å². The fourth-order valence-electron chi connectivity index (χ4n) is 2.37. The molecule has 0 saturated carbocycles. The Labute approximate surface area is 153 Å². The van der Waals surface area contributed by atoms with E-state index >= 15 is 0 Å². The number of hydrogen-bond donors (Lipinski definition) is 2. The summed E-state index contributed by atoms with van der Waals surface area (Å²) in [6, 6.07) is 15.3. The summed E-state index contributed by atoms with van der Waals surface area (Å²) >= 11 is 5.93. The van der Waals surface area contributed by atoms with Gasteiger partial charge in [0.25, 0.3) is 5.69 Å². The third-order valence-corrected chi connectivity index (χ3v) is 3.91. The third kappa shape index (κ3) is 3.47. The minimum atomic E-state index is -0.536. The average Bonchev–Trinajstić information content (AvgIpc) is 2.63. The van der Waals surface area contributed by atoms with Crippen molar-refractivity contribution in [3.05, 3.63) is 75.8 Å². The van der Waals surface area contributed by atoms with Crippen molar-refractivity contribution in [2.45, 2.75) is 0 Å². The van der Waals surface area contributed by atoms with Crippen LogP contribution in [0.4, 0.5) is 17.1 Å². The van der Waals surface area contributed by atoms with Gasteiger partial charge in [0.05, 0.1) is 15.6 Å². The lowest BCUT2D eigenvalue weighted by molar-refractivity contribution is -0.384.